The van der Waals surface area contributed by atoms with Gasteiger partial charge in [0.05, 0.1) is 0 Å². The van der Waals surface area contributed by atoms with Crippen LogP contribution in [0, 0.1) is 6.92 Å². The molecule has 1 heterocycles. The average molecular weight is 166 g/mol. The summed E-state index contributed by atoms with van der Waals surface area (Å²) in [5.74, 6) is 0. The summed E-state index contributed by atoms with van der Waals surface area (Å²) in [6, 6.07) is 0. The molecule has 2 N–H and O–H groups in total. The smallest absolute Gasteiger partial charge is 0.302 e. The van der Waals surface area contributed by atoms with Crippen molar-refractivity contribution in [2.75, 3.05) is 0 Å². The second-order valence-corrected chi connectivity index (χ2v) is 2.08. The lowest BCUT2D eigenvalue weighted by atomic mass is 10.2. The van der Waals surface area contributed by atoms with Crippen LogP contribution in [-0.4, -0.2) is 10.2 Å². The summed E-state index contributed by atoms with van der Waals surface area (Å²) in [4.78, 5) is 10.5. The first-order valence-corrected chi connectivity index (χ1v) is 2.77. The summed E-state index contributed by atoms with van der Waals surface area (Å²) < 4.78 is 35.7. The van der Waals surface area contributed by atoms with Crippen molar-refractivity contribution in [3.05, 3.63) is 21.6 Å². The summed E-state index contributed by atoms with van der Waals surface area (Å²) >= 11 is 0. The Morgan fingerprint density at radius 1 is 1.27 bits per heavy atom. The third-order valence-electron chi connectivity index (χ3n) is 1.25. The quantitative estimate of drug-likeness (QED) is 0.594. The monoisotopic (exact) mass is 166 g/mol. The Labute approximate surface area is 59.2 Å². The highest BCUT2D eigenvalue weighted by molar-refractivity contribution is 5.18. The van der Waals surface area contributed by atoms with Gasteiger partial charge in [0.1, 0.15) is 5.56 Å². The third-order valence-corrected chi connectivity index (χ3v) is 1.25. The molecule has 0 aliphatic carbocycles. The molecule has 0 spiro atoms. The predicted molar refractivity (Wildman–Crippen MR) is 31.2 cm³/mol. The minimum Gasteiger partial charge on any atom is -0.302 e. The summed E-state index contributed by atoms with van der Waals surface area (Å²) in [5.41, 5.74) is -2.48. The zero-order valence-corrected chi connectivity index (χ0v) is 5.54. The number of hydrogen-bond acceptors (Lipinski definition) is 1. The van der Waals surface area contributed by atoms with E-state index in [0.29, 0.717) is 0 Å². The minimum atomic E-state index is -4.57. The fourth-order valence-electron chi connectivity index (χ4n) is 0.787. The van der Waals surface area contributed by atoms with Gasteiger partial charge in [-0.3, -0.25) is 9.89 Å². The van der Waals surface area contributed by atoms with Gasteiger partial charge in [-0.05, 0) is 6.92 Å². The van der Waals surface area contributed by atoms with Crippen molar-refractivity contribution in [1.29, 1.82) is 0 Å². The lowest BCUT2D eigenvalue weighted by Crippen LogP contribution is -2.17. The number of aromatic nitrogens is 2. The molecule has 0 saturated carbocycles. The van der Waals surface area contributed by atoms with Crippen molar-refractivity contribution in [1.82, 2.24) is 10.2 Å². The van der Waals surface area contributed by atoms with Gasteiger partial charge in [0.25, 0.3) is 5.56 Å². The molecule has 0 bridgehead atoms. The first kappa shape index (κ1) is 7.90. The largest absolute Gasteiger partial charge is 0.423 e. The van der Waals surface area contributed by atoms with E-state index in [0.717, 1.165) is 0 Å². The first-order valence-electron chi connectivity index (χ1n) is 2.77. The molecule has 1 rings (SSSR count). The van der Waals surface area contributed by atoms with Gasteiger partial charge in [0.2, 0.25) is 0 Å². The summed E-state index contributed by atoms with van der Waals surface area (Å²) in [5, 5.41) is 3.93. The van der Waals surface area contributed by atoms with E-state index in [2.05, 4.69) is 5.10 Å². The van der Waals surface area contributed by atoms with E-state index in [-0.39, 0.29) is 5.69 Å². The Bertz CT molecular complexity index is 308. The molecule has 0 aromatic carbocycles. The lowest BCUT2D eigenvalue weighted by molar-refractivity contribution is -0.138. The van der Waals surface area contributed by atoms with E-state index in [9.17, 15) is 18.0 Å². The highest BCUT2D eigenvalue weighted by atomic mass is 19.4. The number of alkyl halides is 3. The fraction of sp³-hybridized carbons (Fsp3) is 0.400. The van der Waals surface area contributed by atoms with E-state index in [1.807, 2.05) is 5.10 Å². The van der Waals surface area contributed by atoms with Crippen molar-refractivity contribution in [3.8, 4) is 0 Å². The summed E-state index contributed by atoms with van der Waals surface area (Å²) in [6.45, 7) is 1.18. The van der Waals surface area contributed by atoms with Gasteiger partial charge >= 0.3 is 6.18 Å². The van der Waals surface area contributed by atoms with Crippen molar-refractivity contribution in [2.24, 2.45) is 0 Å². The predicted octanol–water partition coefficient (Wildman–Crippen LogP) is 1.03. The molecule has 62 valence electrons. The molecule has 0 aliphatic rings. The Hall–Kier alpha value is -1.20. The Kier molecular flexibility index (Phi) is 1.54. The normalized spacial score (nSPS) is 12.0. The second kappa shape index (κ2) is 2.14. The van der Waals surface area contributed by atoms with Crippen LogP contribution in [0.4, 0.5) is 13.2 Å². The van der Waals surface area contributed by atoms with E-state index in [1.165, 1.54) is 6.92 Å². The fourth-order valence-corrected chi connectivity index (χ4v) is 0.787. The number of aromatic amines is 2. The van der Waals surface area contributed by atoms with Crippen molar-refractivity contribution >= 4 is 0 Å². The SMILES string of the molecule is Cc1[nH][nH]c(=O)c1C(F)(F)F. The van der Waals surface area contributed by atoms with E-state index < -0.39 is 17.3 Å². The molecule has 11 heavy (non-hydrogen) atoms. The van der Waals surface area contributed by atoms with Crippen LogP contribution in [0.2, 0.25) is 0 Å². The van der Waals surface area contributed by atoms with E-state index >= 15 is 0 Å². The van der Waals surface area contributed by atoms with Gasteiger partial charge in [-0.2, -0.15) is 13.2 Å². The average Bonchev–Trinajstić information content (AvgIpc) is 2.08. The summed E-state index contributed by atoms with van der Waals surface area (Å²) in [6.07, 6.45) is -4.57. The summed E-state index contributed by atoms with van der Waals surface area (Å²) in [7, 11) is 0. The number of rotatable bonds is 0. The van der Waals surface area contributed by atoms with E-state index in [4.69, 9.17) is 0 Å². The molecule has 0 unspecified atom stereocenters. The molecule has 1 aromatic rings. The second-order valence-electron chi connectivity index (χ2n) is 2.08. The molecule has 0 atom stereocenters. The van der Waals surface area contributed by atoms with Crippen LogP contribution in [0.3, 0.4) is 0 Å². The molecule has 0 aliphatic heterocycles. The molecule has 0 radical (unpaired) electrons. The molecular weight excluding hydrogens is 161 g/mol. The molecule has 1 aromatic heterocycles. The van der Waals surface area contributed by atoms with Crippen LogP contribution in [0.1, 0.15) is 11.3 Å². The Morgan fingerprint density at radius 3 is 2.00 bits per heavy atom. The topological polar surface area (TPSA) is 48.6 Å². The van der Waals surface area contributed by atoms with Crippen LogP contribution in [0.5, 0.6) is 0 Å². The van der Waals surface area contributed by atoms with Gasteiger partial charge in [-0.15, -0.1) is 0 Å². The molecule has 0 fully saturated rings. The van der Waals surface area contributed by atoms with Crippen LogP contribution in [-0.2, 0) is 6.18 Å². The van der Waals surface area contributed by atoms with Gasteiger partial charge < -0.3 is 5.10 Å². The van der Waals surface area contributed by atoms with Crippen LogP contribution in [0.15, 0.2) is 4.79 Å². The maximum Gasteiger partial charge on any atom is 0.423 e. The molecular formula is C5H5F3N2O. The highest BCUT2D eigenvalue weighted by Crippen LogP contribution is 2.27. The maximum atomic E-state index is 11.9. The zero-order chi connectivity index (χ0) is 8.65. The first-order chi connectivity index (χ1) is 4.93. The van der Waals surface area contributed by atoms with Crippen molar-refractivity contribution < 1.29 is 13.2 Å². The molecule has 0 saturated heterocycles. The maximum absolute atomic E-state index is 11.9. The molecule has 6 heteroatoms. The van der Waals surface area contributed by atoms with Crippen molar-refractivity contribution in [3.63, 3.8) is 0 Å². The number of halogens is 3. The number of aryl methyl sites for hydroxylation is 1. The standard InChI is InChI=1S/C5H5F3N2O/c1-2-3(5(6,7)8)4(11)10-9-2/h1H3,(H2,9,10,11). The van der Waals surface area contributed by atoms with Gasteiger partial charge in [-0.1, -0.05) is 0 Å². The highest BCUT2D eigenvalue weighted by Gasteiger charge is 2.36. The van der Waals surface area contributed by atoms with Gasteiger partial charge in [0, 0.05) is 5.69 Å². The molecule has 0 amide bonds. The van der Waals surface area contributed by atoms with Crippen LogP contribution >= 0.6 is 0 Å². The Balaban J connectivity index is 3.33. The Morgan fingerprint density at radius 2 is 1.82 bits per heavy atom. The van der Waals surface area contributed by atoms with Gasteiger partial charge in [0.15, 0.2) is 0 Å². The van der Waals surface area contributed by atoms with E-state index in [1.54, 1.807) is 0 Å². The third kappa shape index (κ3) is 1.28. The van der Waals surface area contributed by atoms with Gasteiger partial charge in [-0.25, -0.2) is 0 Å². The molecule has 3 nitrogen and oxygen atoms in total. The zero-order valence-electron chi connectivity index (χ0n) is 5.54. The van der Waals surface area contributed by atoms with Crippen molar-refractivity contribution in [2.45, 2.75) is 13.1 Å². The number of H-pyrrole nitrogens is 2. The van der Waals surface area contributed by atoms with Crippen LogP contribution in [0.25, 0.3) is 0 Å². The number of nitrogens with one attached hydrogen (secondary N) is 2. The number of hydrogen-bond donors (Lipinski definition) is 2. The lowest BCUT2D eigenvalue weighted by Gasteiger charge is -2.01. The minimum absolute atomic E-state index is 0.192. The van der Waals surface area contributed by atoms with Crippen LogP contribution < -0.4 is 5.56 Å².